The van der Waals surface area contributed by atoms with E-state index in [0.29, 0.717) is 12.5 Å². The lowest BCUT2D eigenvalue weighted by Gasteiger charge is -2.32. The number of hydrogen-bond donors (Lipinski definition) is 2. The van der Waals surface area contributed by atoms with Gasteiger partial charge in [0, 0.05) is 50.9 Å². The van der Waals surface area contributed by atoms with E-state index in [2.05, 4.69) is 30.2 Å². The average Bonchev–Trinajstić information content (AvgIpc) is 3.19. The fraction of sp³-hybridized carbons (Fsp3) is 0.400. The molecule has 0 spiro atoms. The van der Waals surface area contributed by atoms with Gasteiger partial charge in [-0.15, -0.1) is 0 Å². The summed E-state index contributed by atoms with van der Waals surface area (Å²) < 4.78 is 1.95. The Balaban J connectivity index is 1.39. The second kappa shape index (κ2) is 8.35. The topological polar surface area (TPSA) is 92.0 Å². The zero-order chi connectivity index (χ0) is 19.3. The smallest absolute Gasteiger partial charge is 0.137 e. The van der Waals surface area contributed by atoms with Crippen LogP contribution < -0.4 is 10.2 Å². The maximum atomic E-state index is 9.43. The first-order valence-electron chi connectivity index (χ1n) is 9.60. The summed E-state index contributed by atoms with van der Waals surface area (Å²) in [4.78, 5) is 19.7. The van der Waals surface area contributed by atoms with Gasteiger partial charge in [-0.05, 0) is 37.3 Å². The van der Waals surface area contributed by atoms with Crippen molar-refractivity contribution in [1.82, 2.24) is 24.5 Å². The summed E-state index contributed by atoms with van der Waals surface area (Å²) in [6.07, 6.45) is 9.27. The molecule has 4 heterocycles. The van der Waals surface area contributed by atoms with Crippen LogP contribution in [-0.2, 0) is 6.54 Å². The second-order valence-electron chi connectivity index (χ2n) is 7.12. The molecule has 1 unspecified atom stereocenters. The van der Waals surface area contributed by atoms with Gasteiger partial charge < -0.3 is 15.3 Å². The fourth-order valence-electron chi connectivity index (χ4n) is 3.52. The molecule has 0 bridgehead atoms. The molecule has 3 aromatic rings. The molecule has 0 amide bonds. The van der Waals surface area contributed by atoms with Crippen molar-refractivity contribution >= 4 is 11.6 Å². The lowest BCUT2D eigenvalue weighted by molar-refractivity contribution is 0.208. The van der Waals surface area contributed by atoms with Crippen molar-refractivity contribution in [2.45, 2.75) is 26.3 Å². The number of pyridine rings is 1. The summed E-state index contributed by atoms with van der Waals surface area (Å²) in [5.41, 5.74) is 1.07. The van der Waals surface area contributed by atoms with Gasteiger partial charge in [0.2, 0.25) is 0 Å². The van der Waals surface area contributed by atoms with E-state index in [1.165, 1.54) is 0 Å². The van der Waals surface area contributed by atoms with Crippen molar-refractivity contribution in [3.63, 3.8) is 0 Å². The number of rotatable bonds is 6. The first-order valence-corrected chi connectivity index (χ1v) is 9.60. The lowest BCUT2D eigenvalue weighted by Crippen LogP contribution is -2.37. The van der Waals surface area contributed by atoms with Crippen molar-refractivity contribution < 1.29 is 5.11 Å². The van der Waals surface area contributed by atoms with Crippen LogP contribution in [0.15, 0.2) is 43.1 Å². The van der Waals surface area contributed by atoms with E-state index in [9.17, 15) is 5.11 Å². The largest absolute Gasteiger partial charge is 0.396 e. The highest BCUT2D eigenvalue weighted by Crippen LogP contribution is 2.22. The predicted molar refractivity (Wildman–Crippen MR) is 107 cm³/mol. The Morgan fingerprint density at radius 3 is 2.86 bits per heavy atom. The third kappa shape index (κ3) is 4.12. The Kier molecular flexibility index (Phi) is 5.48. The molecule has 0 saturated carbocycles. The predicted octanol–water partition coefficient (Wildman–Crippen LogP) is 2.19. The Bertz CT molecular complexity index is 909. The number of aryl methyl sites for hydroxylation is 1. The molecule has 2 N–H and O–H groups in total. The lowest BCUT2D eigenvalue weighted by atomic mass is 9.99. The molecule has 0 aliphatic carbocycles. The number of imidazole rings is 1. The van der Waals surface area contributed by atoms with E-state index < -0.39 is 0 Å². The number of nitrogens with one attached hydrogen (secondary N) is 1. The molecule has 4 rings (SSSR count). The summed E-state index contributed by atoms with van der Waals surface area (Å²) in [6.45, 7) is 4.62. The summed E-state index contributed by atoms with van der Waals surface area (Å²) in [5, 5.41) is 12.8. The van der Waals surface area contributed by atoms with Gasteiger partial charge in [0.15, 0.2) is 0 Å². The molecule has 1 aliphatic heterocycles. The highest BCUT2D eigenvalue weighted by atomic mass is 16.3. The molecule has 0 radical (unpaired) electrons. The Morgan fingerprint density at radius 2 is 2.11 bits per heavy atom. The highest BCUT2D eigenvalue weighted by molar-refractivity contribution is 5.49. The summed E-state index contributed by atoms with van der Waals surface area (Å²) in [6, 6.07) is 6.00. The molecule has 1 saturated heterocycles. The number of aliphatic hydroxyl groups excluding tert-OH is 1. The Labute approximate surface area is 164 Å². The SMILES string of the molecule is Cc1nccn1-c1ccc(CNc2cc(N3CCCC(CO)C3)ncn2)cn1. The monoisotopic (exact) mass is 379 g/mol. The number of anilines is 2. The third-order valence-corrected chi connectivity index (χ3v) is 5.11. The molecule has 8 nitrogen and oxygen atoms in total. The van der Waals surface area contributed by atoms with Crippen molar-refractivity contribution in [3.05, 3.63) is 54.5 Å². The molecular weight excluding hydrogens is 354 g/mol. The molecule has 28 heavy (non-hydrogen) atoms. The first kappa shape index (κ1) is 18.4. The minimum atomic E-state index is 0.230. The molecule has 146 valence electrons. The van der Waals surface area contributed by atoms with Crippen LogP contribution in [0.3, 0.4) is 0 Å². The van der Waals surface area contributed by atoms with E-state index >= 15 is 0 Å². The standard InChI is InChI=1S/C20H25N7O/c1-15-21-6-8-27(15)19-5-4-16(11-23-19)10-22-18-9-20(25-14-24-18)26-7-2-3-17(12-26)13-28/h4-6,8-9,11,14,17,28H,2-3,7,10,12-13H2,1H3,(H,22,24,25). The van der Waals surface area contributed by atoms with Crippen LogP contribution in [0.25, 0.3) is 5.82 Å². The molecular formula is C20H25N7O. The summed E-state index contributed by atoms with van der Waals surface area (Å²) >= 11 is 0. The Morgan fingerprint density at radius 1 is 1.18 bits per heavy atom. The van der Waals surface area contributed by atoms with Crippen molar-refractivity contribution in [3.8, 4) is 5.82 Å². The van der Waals surface area contributed by atoms with Crippen LogP contribution >= 0.6 is 0 Å². The van der Waals surface area contributed by atoms with Crippen LogP contribution in [0.2, 0.25) is 0 Å². The van der Waals surface area contributed by atoms with Gasteiger partial charge in [-0.2, -0.15) is 0 Å². The van der Waals surface area contributed by atoms with E-state index in [-0.39, 0.29) is 6.61 Å². The zero-order valence-corrected chi connectivity index (χ0v) is 16.0. The van der Waals surface area contributed by atoms with Crippen LogP contribution in [-0.4, -0.2) is 49.3 Å². The van der Waals surface area contributed by atoms with Gasteiger partial charge in [-0.3, -0.25) is 4.57 Å². The van der Waals surface area contributed by atoms with Gasteiger partial charge in [0.05, 0.1) is 0 Å². The highest BCUT2D eigenvalue weighted by Gasteiger charge is 2.20. The average molecular weight is 379 g/mol. The maximum absolute atomic E-state index is 9.43. The number of piperidine rings is 1. The minimum absolute atomic E-state index is 0.230. The molecule has 1 aliphatic rings. The van der Waals surface area contributed by atoms with Gasteiger partial charge in [0.25, 0.3) is 0 Å². The van der Waals surface area contributed by atoms with E-state index in [1.54, 1.807) is 12.5 Å². The van der Waals surface area contributed by atoms with Crippen molar-refractivity contribution in [1.29, 1.82) is 0 Å². The quantitative estimate of drug-likeness (QED) is 0.678. The van der Waals surface area contributed by atoms with E-state index in [1.807, 2.05) is 42.1 Å². The van der Waals surface area contributed by atoms with Gasteiger partial charge >= 0.3 is 0 Å². The van der Waals surface area contributed by atoms with Gasteiger partial charge in [0.1, 0.15) is 29.6 Å². The number of aliphatic hydroxyl groups is 1. The molecule has 0 aromatic carbocycles. The minimum Gasteiger partial charge on any atom is -0.396 e. The fourth-order valence-corrected chi connectivity index (χ4v) is 3.52. The summed E-state index contributed by atoms with van der Waals surface area (Å²) in [7, 11) is 0. The molecule has 3 aromatic heterocycles. The second-order valence-corrected chi connectivity index (χ2v) is 7.12. The third-order valence-electron chi connectivity index (χ3n) is 5.11. The van der Waals surface area contributed by atoms with Crippen LogP contribution in [0.1, 0.15) is 24.2 Å². The summed E-state index contributed by atoms with van der Waals surface area (Å²) in [5.74, 6) is 3.77. The normalized spacial score (nSPS) is 16.9. The Hall–Kier alpha value is -3.00. The van der Waals surface area contributed by atoms with Crippen molar-refractivity contribution in [2.24, 2.45) is 5.92 Å². The van der Waals surface area contributed by atoms with Gasteiger partial charge in [-0.25, -0.2) is 19.9 Å². The maximum Gasteiger partial charge on any atom is 0.137 e. The van der Waals surface area contributed by atoms with Crippen LogP contribution in [0.4, 0.5) is 11.6 Å². The van der Waals surface area contributed by atoms with Gasteiger partial charge in [-0.1, -0.05) is 6.07 Å². The van der Waals surface area contributed by atoms with Crippen LogP contribution in [0, 0.1) is 12.8 Å². The number of hydrogen-bond acceptors (Lipinski definition) is 7. The number of aromatic nitrogens is 5. The molecule has 1 atom stereocenters. The molecule has 8 heteroatoms. The van der Waals surface area contributed by atoms with Crippen LogP contribution in [0.5, 0.6) is 0 Å². The van der Waals surface area contributed by atoms with E-state index in [0.717, 1.165) is 54.8 Å². The zero-order valence-electron chi connectivity index (χ0n) is 16.0. The number of nitrogens with zero attached hydrogens (tertiary/aromatic N) is 6. The first-order chi connectivity index (χ1) is 13.7. The van der Waals surface area contributed by atoms with E-state index in [4.69, 9.17) is 0 Å². The van der Waals surface area contributed by atoms with Crippen molar-refractivity contribution in [2.75, 3.05) is 29.9 Å². The molecule has 1 fully saturated rings.